The highest BCUT2D eigenvalue weighted by Crippen LogP contribution is 2.41. The van der Waals surface area contributed by atoms with Crippen LogP contribution >= 0.6 is 24.0 Å². The maximum absolute atomic E-state index is 11.7. The van der Waals surface area contributed by atoms with E-state index in [0.717, 1.165) is 31.9 Å². The number of imide groups is 1. The number of hydrogen-bond acceptors (Lipinski definition) is 3. The Bertz CT molecular complexity index is 673. The molecule has 1 heterocycles. The Morgan fingerprint density at radius 2 is 1.89 bits per heavy atom. The first-order valence-electron chi connectivity index (χ1n) is 9.80. The predicted molar refractivity (Wildman–Crippen MR) is 121 cm³/mol. The minimum atomic E-state index is -0.322. The van der Waals surface area contributed by atoms with Crippen molar-refractivity contribution in [2.24, 2.45) is 4.99 Å². The fourth-order valence-corrected chi connectivity index (χ4v) is 3.92. The average molecular weight is 499 g/mol. The Morgan fingerprint density at radius 1 is 1.18 bits per heavy atom. The molecule has 2 fully saturated rings. The van der Waals surface area contributed by atoms with E-state index < -0.39 is 0 Å². The summed E-state index contributed by atoms with van der Waals surface area (Å²) in [6.07, 6.45) is 4.78. The summed E-state index contributed by atoms with van der Waals surface area (Å²) in [5.41, 5.74) is 1.47. The van der Waals surface area contributed by atoms with E-state index in [4.69, 9.17) is 4.99 Å². The molecule has 0 radical (unpaired) electrons. The van der Waals surface area contributed by atoms with Crippen molar-refractivity contribution in [2.45, 2.75) is 38.0 Å². The van der Waals surface area contributed by atoms with Gasteiger partial charge in [0.05, 0.1) is 13.1 Å². The average Bonchev–Trinajstić information content (AvgIpc) is 3.29. The summed E-state index contributed by atoms with van der Waals surface area (Å²) in [5.74, 6) is 0.546. The molecule has 0 spiro atoms. The molecule has 0 aromatic heterocycles. The van der Waals surface area contributed by atoms with Gasteiger partial charge in [0.1, 0.15) is 0 Å². The molecular weight excluding hydrogens is 469 g/mol. The minimum absolute atomic E-state index is 0. The molecule has 1 aliphatic carbocycles. The van der Waals surface area contributed by atoms with Crippen LogP contribution in [0.25, 0.3) is 0 Å². The Morgan fingerprint density at radius 3 is 2.50 bits per heavy atom. The van der Waals surface area contributed by atoms with Crippen molar-refractivity contribution in [3.63, 3.8) is 0 Å². The molecule has 3 N–H and O–H groups in total. The van der Waals surface area contributed by atoms with Crippen LogP contribution < -0.4 is 16.0 Å². The summed E-state index contributed by atoms with van der Waals surface area (Å²) in [4.78, 5) is 29.3. The molecule has 0 bridgehead atoms. The fraction of sp³-hybridized carbons (Fsp3) is 0.550. The van der Waals surface area contributed by atoms with E-state index in [2.05, 4.69) is 46.3 Å². The molecule has 2 aliphatic rings. The second-order valence-electron chi connectivity index (χ2n) is 7.18. The van der Waals surface area contributed by atoms with Gasteiger partial charge in [0, 0.05) is 25.0 Å². The normalized spacial score (nSPS) is 18.6. The number of aliphatic imine (C=N–C) groups is 1. The molecule has 1 saturated carbocycles. The lowest BCUT2D eigenvalue weighted by Crippen LogP contribution is -2.43. The number of carbonyl (C=O) groups is 2. The molecule has 1 aliphatic heterocycles. The second kappa shape index (κ2) is 10.6. The highest BCUT2D eigenvalue weighted by atomic mass is 127. The van der Waals surface area contributed by atoms with Gasteiger partial charge < -0.3 is 16.0 Å². The van der Waals surface area contributed by atoms with Gasteiger partial charge in [-0.15, -0.1) is 24.0 Å². The zero-order valence-corrected chi connectivity index (χ0v) is 18.7. The molecule has 1 aromatic rings. The van der Waals surface area contributed by atoms with E-state index in [1.54, 1.807) is 0 Å². The summed E-state index contributed by atoms with van der Waals surface area (Å²) in [6.45, 7) is 4.41. The number of halogens is 1. The van der Waals surface area contributed by atoms with Crippen molar-refractivity contribution in [2.75, 3.05) is 32.7 Å². The zero-order valence-electron chi connectivity index (χ0n) is 16.4. The van der Waals surface area contributed by atoms with Crippen LogP contribution in [-0.4, -0.2) is 55.5 Å². The van der Waals surface area contributed by atoms with Crippen LogP contribution in [0.15, 0.2) is 35.3 Å². The fourth-order valence-electron chi connectivity index (χ4n) is 3.92. The number of guanidine groups is 1. The molecule has 154 valence electrons. The molecule has 7 nitrogen and oxygen atoms in total. The molecule has 28 heavy (non-hydrogen) atoms. The van der Waals surface area contributed by atoms with Crippen molar-refractivity contribution < 1.29 is 9.59 Å². The Labute approximate surface area is 183 Å². The summed E-state index contributed by atoms with van der Waals surface area (Å²) < 4.78 is 0. The first-order valence-corrected chi connectivity index (χ1v) is 9.80. The van der Waals surface area contributed by atoms with Gasteiger partial charge in [-0.3, -0.25) is 14.7 Å². The predicted octanol–water partition coefficient (Wildman–Crippen LogP) is 2.22. The van der Waals surface area contributed by atoms with Crippen molar-refractivity contribution in [3.05, 3.63) is 35.9 Å². The van der Waals surface area contributed by atoms with E-state index in [-0.39, 0.29) is 47.9 Å². The van der Waals surface area contributed by atoms with Gasteiger partial charge in [-0.2, -0.15) is 0 Å². The summed E-state index contributed by atoms with van der Waals surface area (Å²) in [5, 5.41) is 9.04. The molecule has 8 heteroatoms. The number of rotatable bonds is 7. The van der Waals surface area contributed by atoms with Crippen LogP contribution in [0.1, 0.15) is 38.2 Å². The topological polar surface area (TPSA) is 85.8 Å². The number of nitrogens with one attached hydrogen (secondary N) is 3. The zero-order chi connectivity index (χ0) is 19.1. The van der Waals surface area contributed by atoms with Gasteiger partial charge >= 0.3 is 6.03 Å². The highest BCUT2D eigenvalue weighted by molar-refractivity contribution is 14.0. The lowest BCUT2D eigenvalue weighted by atomic mass is 9.79. The van der Waals surface area contributed by atoms with Gasteiger partial charge in [0.2, 0.25) is 5.91 Å². The summed E-state index contributed by atoms with van der Waals surface area (Å²) >= 11 is 0. The number of nitrogens with zero attached hydrogens (tertiary/aromatic N) is 2. The summed E-state index contributed by atoms with van der Waals surface area (Å²) in [7, 11) is 0. The Balaban J connectivity index is 0.00000280. The van der Waals surface area contributed by atoms with Gasteiger partial charge in [0.15, 0.2) is 5.96 Å². The third-order valence-corrected chi connectivity index (χ3v) is 5.40. The van der Waals surface area contributed by atoms with Crippen LogP contribution in [0.2, 0.25) is 0 Å². The Hall–Kier alpha value is -1.84. The Kier molecular flexibility index (Phi) is 8.53. The standard InChI is InChI=1S/C20H29N5O2.HI/c1-2-21-18(22-12-13-25-17(26)14-23-19(25)27)24-15-20(10-6-7-11-20)16-8-4-3-5-9-16;/h3-5,8-9H,2,6-7,10-15H2,1H3,(H,23,27)(H2,21,22,24);1H. The van der Waals surface area contributed by atoms with E-state index in [1.807, 2.05) is 6.92 Å². The lowest BCUT2D eigenvalue weighted by molar-refractivity contribution is -0.124. The van der Waals surface area contributed by atoms with Gasteiger partial charge in [-0.05, 0) is 25.3 Å². The molecule has 0 unspecified atom stereocenters. The van der Waals surface area contributed by atoms with Crippen molar-refractivity contribution >= 4 is 41.9 Å². The lowest BCUT2D eigenvalue weighted by Gasteiger charge is -2.28. The number of urea groups is 1. The van der Waals surface area contributed by atoms with E-state index in [1.165, 1.54) is 23.3 Å². The SMILES string of the molecule is CCNC(=NCC1(c2ccccc2)CCCC1)NCCN1C(=O)CNC1=O.I. The van der Waals surface area contributed by atoms with Crippen LogP contribution in [-0.2, 0) is 10.2 Å². The quantitative estimate of drug-likeness (QED) is 0.233. The third-order valence-electron chi connectivity index (χ3n) is 5.40. The summed E-state index contributed by atoms with van der Waals surface area (Å²) in [6, 6.07) is 10.3. The second-order valence-corrected chi connectivity index (χ2v) is 7.18. The third kappa shape index (κ3) is 5.36. The highest BCUT2D eigenvalue weighted by Gasteiger charge is 2.35. The van der Waals surface area contributed by atoms with Crippen molar-refractivity contribution in [1.82, 2.24) is 20.9 Å². The molecular formula is C20H30IN5O2. The molecule has 1 aromatic carbocycles. The number of amides is 3. The number of hydrogen-bond donors (Lipinski definition) is 3. The monoisotopic (exact) mass is 499 g/mol. The van der Waals surface area contributed by atoms with Gasteiger partial charge in [-0.1, -0.05) is 43.2 Å². The van der Waals surface area contributed by atoms with Crippen LogP contribution in [0.3, 0.4) is 0 Å². The smallest absolute Gasteiger partial charge is 0.324 e. The maximum Gasteiger partial charge on any atom is 0.324 e. The first-order chi connectivity index (χ1) is 13.1. The molecule has 1 saturated heterocycles. The van der Waals surface area contributed by atoms with E-state index >= 15 is 0 Å². The van der Waals surface area contributed by atoms with Crippen molar-refractivity contribution in [1.29, 1.82) is 0 Å². The number of carbonyl (C=O) groups excluding carboxylic acids is 2. The first kappa shape index (κ1) is 22.4. The van der Waals surface area contributed by atoms with Gasteiger partial charge in [-0.25, -0.2) is 4.79 Å². The molecule has 3 rings (SSSR count). The molecule has 3 amide bonds. The van der Waals surface area contributed by atoms with Crippen molar-refractivity contribution in [3.8, 4) is 0 Å². The van der Waals surface area contributed by atoms with E-state index in [0.29, 0.717) is 13.1 Å². The molecule has 0 atom stereocenters. The van der Waals surface area contributed by atoms with Crippen LogP contribution in [0.5, 0.6) is 0 Å². The largest absolute Gasteiger partial charge is 0.357 e. The maximum atomic E-state index is 11.7. The van der Waals surface area contributed by atoms with Gasteiger partial charge in [0.25, 0.3) is 0 Å². The van der Waals surface area contributed by atoms with E-state index in [9.17, 15) is 9.59 Å². The van der Waals surface area contributed by atoms with Crippen LogP contribution in [0.4, 0.5) is 4.79 Å². The minimum Gasteiger partial charge on any atom is -0.357 e. The number of benzene rings is 1. The van der Waals surface area contributed by atoms with Crippen LogP contribution in [0, 0.1) is 0 Å².